The average Bonchev–Trinajstić information content (AvgIpc) is 2.88. The van der Waals surface area contributed by atoms with Gasteiger partial charge in [-0.2, -0.15) is 0 Å². The molecule has 4 heterocycles. The van der Waals surface area contributed by atoms with Gasteiger partial charge in [0.15, 0.2) is 9.84 Å². The van der Waals surface area contributed by atoms with Gasteiger partial charge in [0.25, 0.3) is 0 Å². The van der Waals surface area contributed by atoms with E-state index in [1.165, 1.54) is 11.8 Å². The molecule has 0 aliphatic carbocycles. The molecule has 0 radical (unpaired) electrons. The summed E-state index contributed by atoms with van der Waals surface area (Å²) in [4.78, 5) is 26.1. The molecule has 1 aromatic carbocycles. The van der Waals surface area contributed by atoms with Crippen LogP contribution in [-0.4, -0.2) is 56.0 Å². The van der Waals surface area contributed by atoms with Crippen molar-refractivity contribution in [3.8, 4) is 5.88 Å². The van der Waals surface area contributed by atoms with E-state index in [-0.39, 0.29) is 5.75 Å². The monoisotopic (exact) mass is 579 g/mol. The van der Waals surface area contributed by atoms with Gasteiger partial charge in [-0.15, -0.1) is 0 Å². The highest BCUT2D eigenvalue weighted by atomic mass is 32.2. The number of hydrogen-bond donors (Lipinski definition) is 1. The van der Waals surface area contributed by atoms with Gasteiger partial charge in [0, 0.05) is 36.8 Å². The van der Waals surface area contributed by atoms with Crippen molar-refractivity contribution >= 4 is 38.8 Å². The minimum absolute atomic E-state index is 0.0185. The third-order valence-corrected chi connectivity index (χ3v) is 7.99. The smallest absolute Gasteiger partial charge is 0.415 e. The van der Waals surface area contributed by atoms with Crippen molar-refractivity contribution in [1.82, 2.24) is 9.97 Å². The Bertz CT molecular complexity index is 1600. The second-order valence-electron chi connectivity index (χ2n) is 11.7. The zero-order chi connectivity index (χ0) is 29.5. The van der Waals surface area contributed by atoms with Crippen LogP contribution in [-0.2, 0) is 33.3 Å². The summed E-state index contributed by atoms with van der Waals surface area (Å²) in [6.45, 7) is 11.7. The van der Waals surface area contributed by atoms with E-state index in [2.05, 4.69) is 26.3 Å². The molecular formula is C30H37N5O5S. The Morgan fingerprint density at radius 2 is 1.88 bits per heavy atom. The molecule has 218 valence electrons. The van der Waals surface area contributed by atoms with Crippen LogP contribution in [0.15, 0.2) is 36.7 Å². The van der Waals surface area contributed by atoms with Crippen molar-refractivity contribution < 1.29 is 22.7 Å². The maximum atomic E-state index is 13.0. The highest BCUT2D eigenvalue weighted by molar-refractivity contribution is 7.89. The molecule has 0 saturated carbocycles. The molecule has 1 amide bonds. The highest BCUT2D eigenvalue weighted by Gasteiger charge is 2.32. The maximum Gasteiger partial charge on any atom is 0.415 e. The number of nitrogens with zero attached hydrogens (tertiary/aromatic N) is 4. The van der Waals surface area contributed by atoms with Gasteiger partial charge in [-0.25, -0.2) is 23.2 Å². The molecule has 3 aromatic rings. The van der Waals surface area contributed by atoms with Crippen molar-refractivity contribution in [3.05, 3.63) is 64.5 Å². The van der Waals surface area contributed by atoms with Gasteiger partial charge in [-0.3, -0.25) is 4.90 Å². The topological polar surface area (TPSA) is 114 Å². The lowest BCUT2D eigenvalue weighted by Crippen LogP contribution is -2.42. The molecule has 0 saturated heterocycles. The van der Waals surface area contributed by atoms with Gasteiger partial charge in [-0.05, 0) is 81.5 Å². The lowest BCUT2D eigenvalue weighted by Gasteiger charge is -2.35. The Morgan fingerprint density at radius 3 is 2.59 bits per heavy atom. The Labute approximate surface area is 241 Å². The normalized spacial score (nSPS) is 15.1. The molecule has 11 heteroatoms. The van der Waals surface area contributed by atoms with E-state index in [1.807, 2.05) is 65.2 Å². The van der Waals surface area contributed by atoms with Crippen LogP contribution < -0.4 is 19.9 Å². The number of sulfone groups is 1. The Kier molecular flexibility index (Phi) is 7.58. The van der Waals surface area contributed by atoms with Crippen LogP contribution in [0.3, 0.4) is 0 Å². The van der Waals surface area contributed by atoms with Crippen LogP contribution in [0.25, 0.3) is 0 Å². The van der Waals surface area contributed by atoms with Crippen LogP contribution in [0.1, 0.15) is 48.6 Å². The Morgan fingerprint density at radius 1 is 1.10 bits per heavy atom. The summed E-state index contributed by atoms with van der Waals surface area (Å²) in [5.41, 5.74) is 6.78. The molecule has 0 atom stereocenters. The van der Waals surface area contributed by atoms with Crippen molar-refractivity contribution in [2.75, 3.05) is 41.1 Å². The summed E-state index contributed by atoms with van der Waals surface area (Å²) in [5.74, 6) is 1.17. The number of rotatable bonds is 5. The summed E-state index contributed by atoms with van der Waals surface area (Å²) in [5, 5.41) is 3.36. The highest BCUT2D eigenvalue weighted by Crippen LogP contribution is 2.40. The number of ether oxygens (including phenoxy) is 2. The molecule has 0 unspecified atom stereocenters. The first-order chi connectivity index (χ1) is 19.3. The van der Waals surface area contributed by atoms with E-state index >= 15 is 0 Å². The quantitative estimate of drug-likeness (QED) is 0.442. The molecule has 2 aromatic heterocycles. The summed E-state index contributed by atoms with van der Waals surface area (Å²) in [7, 11) is -3.11. The lowest BCUT2D eigenvalue weighted by atomic mass is 10.0. The van der Waals surface area contributed by atoms with Gasteiger partial charge in [0.05, 0.1) is 24.2 Å². The number of benzene rings is 1. The van der Waals surface area contributed by atoms with Crippen molar-refractivity contribution in [2.24, 2.45) is 0 Å². The zero-order valence-electron chi connectivity index (χ0n) is 24.4. The molecule has 5 rings (SSSR count). The van der Waals surface area contributed by atoms with Gasteiger partial charge in [0.1, 0.15) is 23.7 Å². The third-order valence-electron chi connectivity index (χ3n) is 7.15. The SMILES string of the molecule is Cc1cc(Nc2cc3c(cn2)CCN(c2cnc4c(c2C)N(C(=O)OC(C)(C)C)CCO4)C3)ccc1CS(C)(=O)=O. The van der Waals surface area contributed by atoms with Gasteiger partial charge < -0.3 is 19.7 Å². The molecule has 0 fully saturated rings. The Balaban J connectivity index is 1.37. The number of fused-ring (bicyclic) bond motifs is 2. The van der Waals surface area contributed by atoms with Gasteiger partial charge in [0.2, 0.25) is 5.88 Å². The second-order valence-corrected chi connectivity index (χ2v) is 13.9. The second kappa shape index (κ2) is 10.8. The number of anilines is 4. The van der Waals surface area contributed by atoms with E-state index in [0.717, 1.165) is 46.6 Å². The largest absolute Gasteiger partial charge is 0.474 e. The Hall–Kier alpha value is -3.86. The van der Waals surface area contributed by atoms with Gasteiger partial charge >= 0.3 is 6.09 Å². The van der Waals surface area contributed by atoms with Crippen LogP contribution in [0.4, 0.5) is 27.7 Å². The van der Waals surface area contributed by atoms with Crippen molar-refractivity contribution in [1.29, 1.82) is 0 Å². The fraction of sp³-hybridized carbons (Fsp3) is 0.433. The number of carbonyl (C=O) groups is 1. The fourth-order valence-corrected chi connectivity index (χ4v) is 6.11. The van der Waals surface area contributed by atoms with E-state index in [0.29, 0.717) is 37.1 Å². The predicted octanol–water partition coefficient (Wildman–Crippen LogP) is 5.08. The van der Waals surface area contributed by atoms with E-state index in [4.69, 9.17) is 9.47 Å². The van der Waals surface area contributed by atoms with E-state index in [9.17, 15) is 13.2 Å². The molecule has 1 N–H and O–H groups in total. The minimum Gasteiger partial charge on any atom is -0.474 e. The van der Waals surface area contributed by atoms with Crippen LogP contribution >= 0.6 is 0 Å². The maximum absolute atomic E-state index is 13.0. The van der Waals surface area contributed by atoms with Crippen LogP contribution in [0.2, 0.25) is 0 Å². The summed E-state index contributed by atoms with van der Waals surface area (Å²) < 4.78 is 34.9. The number of aryl methyl sites for hydroxylation is 1. The van der Waals surface area contributed by atoms with Crippen molar-refractivity contribution in [2.45, 2.75) is 58.9 Å². The van der Waals surface area contributed by atoms with Gasteiger partial charge in [-0.1, -0.05) is 6.07 Å². The number of nitrogens with one attached hydrogen (secondary N) is 1. The number of pyridine rings is 2. The fourth-order valence-electron chi connectivity index (χ4n) is 5.22. The molecule has 2 aliphatic heterocycles. The molecule has 41 heavy (non-hydrogen) atoms. The first-order valence-corrected chi connectivity index (χ1v) is 15.7. The molecular weight excluding hydrogens is 542 g/mol. The van der Waals surface area contributed by atoms with Crippen LogP contribution in [0.5, 0.6) is 5.88 Å². The van der Waals surface area contributed by atoms with E-state index < -0.39 is 21.5 Å². The number of hydrogen-bond acceptors (Lipinski definition) is 9. The first-order valence-electron chi connectivity index (χ1n) is 13.7. The summed E-state index contributed by atoms with van der Waals surface area (Å²) in [6, 6.07) is 7.71. The standard InChI is InChI=1S/C30H37N5O5S/c1-19-13-24(8-7-22(19)18-41(6,37)38)33-26-14-23-17-34(10-9-21(23)15-31-26)25-16-32-28-27(20(25)2)35(11-12-39-28)29(36)40-30(3,4)5/h7-8,13-16H,9-12,17-18H2,1-6H3,(H,31,33). The van der Waals surface area contributed by atoms with Crippen molar-refractivity contribution in [3.63, 3.8) is 0 Å². The molecule has 0 spiro atoms. The number of carbonyl (C=O) groups excluding carboxylic acids is 1. The third kappa shape index (κ3) is 6.56. The predicted molar refractivity (Wildman–Crippen MR) is 160 cm³/mol. The zero-order valence-corrected chi connectivity index (χ0v) is 25.3. The van der Waals surface area contributed by atoms with Crippen LogP contribution in [0, 0.1) is 13.8 Å². The van der Waals surface area contributed by atoms with E-state index in [1.54, 1.807) is 4.90 Å². The summed E-state index contributed by atoms with van der Waals surface area (Å²) >= 11 is 0. The first kappa shape index (κ1) is 28.7. The number of aromatic nitrogens is 2. The molecule has 2 aliphatic rings. The summed E-state index contributed by atoms with van der Waals surface area (Å²) in [6.07, 6.45) is 5.39. The lowest BCUT2D eigenvalue weighted by molar-refractivity contribution is 0.0566. The molecule has 0 bridgehead atoms. The molecule has 10 nitrogen and oxygen atoms in total. The number of amides is 1. The average molecular weight is 580 g/mol. The minimum atomic E-state index is -3.11.